The molecule has 0 fully saturated rings. The summed E-state index contributed by atoms with van der Waals surface area (Å²) in [5.74, 6) is 0.836. The number of aliphatic hydroxyl groups excluding tert-OH is 2. The zero-order chi connectivity index (χ0) is 30.5. The lowest BCUT2D eigenvalue weighted by molar-refractivity contribution is 0.0257. The van der Waals surface area contributed by atoms with E-state index in [1.165, 1.54) is 11.1 Å². The van der Waals surface area contributed by atoms with Crippen LogP contribution < -0.4 is 0 Å². The lowest BCUT2D eigenvalue weighted by Gasteiger charge is -2.12. The number of benzene rings is 2. The van der Waals surface area contributed by atoms with Crippen molar-refractivity contribution in [1.82, 2.24) is 19.9 Å². The number of H-pyrrole nitrogens is 2. The fraction of sp³-hybridized carbons (Fsp3) is 0.211. The van der Waals surface area contributed by atoms with Gasteiger partial charge in [-0.25, -0.2) is 4.98 Å². The van der Waals surface area contributed by atoms with Gasteiger partial charge in [-0.15, -0.1) is 0 Å². The van der Waals surface area contributed by atoms with Crippen LogP contribution in [-0.4, -0.2) is 30.1 Å². The summed E-state index contributed by atoms with van der Waals surface area (Å²) in [5, 5.41) is 22.5. The minimum Gasteiger partial charge on any atom is -0.384 e. The molecule has 6 nitrogen and oxygen atoms in total. The molecular weight excluding hydrogens is 544 g/mol. The van der Waals surface area contributed by atoms with Gasteiger partial charge >= 0.3 is 0 Å². The first-order valence-electron chi connectivity index (χ1n) is 15.2. The van der Waals surface area contributed by atoms with Crippen LogP contribution in [0.3, 0.4) is 0 Å². The first-order chi connectivity index (χ1) is 21.2. The molecule has 7 rings (SSSR count). The highest BCUT2D eigenvalue weighted by atomic mass is 16.3. The molecule has 220 valence electrons. The van der Waals surface area contributed by atoms with Gasteiger partial charge in [-0.1, -0.05) is 76.2 Å². The van der Waals surface area contributed by atoms with Gasteiger partial charge in [0.05, 0.1) is 22.8 Å². The molecular formula is C38H36N4O2. The van der Waals surface area contributed by atoms with E-state index in [4.69, 9.17) is 9.97 Å². The van der Waals surface area contributed by atoms with E-state index in [1.807, 2.05) is 42.5 Å². The van der Waals surface area contributed by atoms with Crippen molar-refractivity contribution in [2.75, 3.05) is 0 Å². The average molecular weight is 581 g/mol. The average Bonchev–Trinajstić information content (AvgIpc) is 3.82. The molecule has 6 heteroatoms. The number of fused-ring (bicyclic) bond motifs is 8. The standard InChI is InChI=1S/C38H36N4O2/c1-21(2)23-5-9-25(10-6-23)34-30-16-13-27(39-30)19-28-14-18-32(40-28)35(26-11-7-24(8-12-26)22(3)4)36-38(44)37(43)33(42-36)20-29-15-17-31(34)41-29/h5-22,37-38,40-41,43-44H,1-4H3/t37-,38+/m0/s1. The third-order valence-corrected chi connectivity index (χ3v) is 8.60. The van der Waals surface area contributed by atoms with Crippen molar-refractivity contribution in [3.05, 3.63) is 119 Å². The lowest BCUT2D eigenvalue weighted by Crippen LogP contribution is -2.04. The second-order valence-corrected chi connectivity index (χ2v) is 12.3. The molecule has 0 spiro atoms. The van der Waals surface area contributed by atoms with E-state index >= 15 is 0 Å². The quantitative estimate of drug-likeness (QED) is 0.167. The number of nitrogens with one attached hydrogen (secondary N) is 2. The summed E-state index contributed by atoms with van der Waals surface area (Å²) >= 11 is 0. The molecule has 5 aromatic rings. The molecule has 0 radical (unpaired) electrons. The predicted octanol–water partition coefficient (Wildman–Crippen LogP) is 8.83. The number of hydrogen-bond acceptors (Lipinski definition) is 4. The van der Waals surface area contributed by atoms with Gasteiger partial charge in [-0.2, -0.15) is 0 Å². The highest BCUT2D eigenvalue weighted by Gasteiger charge is 2.31. The summed E-state index contributed by atoms with van der Waals surface area (Å²) in [6.07, 6.45) is 1.75. The second-order valence-electron chi connectivity index (χ2n) is 12.3. The molecule has 0 aliphatic carbocycles. The largest absolute Gasteiger partial charge is 0.384 e. The number of aromatic nitrogens is 4. The molecule has 2 aromatic carbocycles. The molecule has 2 aliphatic heterocycles. The summed E-state index contributed by atoms with van der Waals surface area (Å²) in [6, 6.07) is 28.8. The summed E-state index contributed by atoms with van der Waals surface area (Å²) in [5.41, 5.74) is 12.1. The Morgan fingerprint density at radius 2 is 1.14 bits per heavy atom. The highest BCUT2D eigenvalue weighted by molar-refractivity contribution is 5.91. The Labute approximate surface area is 256 Å². The monoisotopic (exact) mass is 580 g/mol. The van der Waals surface area contributed by atoms with Gasteiger partial charge in [0, 0.05) is 33.2 Å². The van der Waals surface area contributed by atoms with Gasteiger partial charge in [0.1, 0.15) is 12.2 Å². The molecule has 4 N–H and O–H groups in total. The molecule has 2 atom stereocenters. The minimum atomic E-state index is -1.18. The predicted molar refractivity (Wildman–Crippen MR) is 179 cm³/mol. The first-order valence-corrected chi connectivity index (χ1v) is 15.2. The SMILES string of the molecule is CC(C)c1ccc(-c2c3nc(cc4ccc([nH]4)c(-c4ccc(C(C)C)cc4)c4nc(cc5ccc2[nH]5)[C@H](O)[C@@H]4O)C=C3)cc1. The molecule has 0 unspecified atom stereocenters. The van der Waals surface area contributed by atoms with Gasteiger partial charge in [0.25, 0.3) is 0 Å². The molecule has 44 heavy (non-hydrogen) atoms. The van der Waals surface area contributed by atoms with E-state index in [1.54, 1.807) is 0 Å². The topological polar surface area (TPSA) is 97.8 Å². The molecule has 0 saturated heterocycles. The normalized spacial score (nSPS) is 16.3. The summed E-state index contributed by atoms with van der Waals surface area (Å²) in [7, 11) is 0. The Hall–Kier alpha value is -4.78. The van der Waals surface area contributed by atoms with Gasteiger partial charge in [0.15, 0.2) is 0 Å². The summed E-state index contributed by atoms with van der Waals surface area (Å²) in [6.45, 7) is 8.71. The third-order valence-electron chi connectivity index (χ3n) is 8.60. The summed E-state index contributed by atoms with van der Waals surface area (Å²) in [4.78, 5) is 16.9. The minimum absolute atomic E-state index is 0.397. The van der Waals surface area contributed by atoms with E-state index in [9.17, 15) is 10.2 Å². The lowest BCUT2D eigenvalue weighted by atomic mass is 9.96. The Bertz CT molecular complexity index is 2050. The van der Waals surface area contributed by atoms with Crippen LogP contribution in [0.15, 0.2) is 84.9 Å². The van der Waals surface area contributed by atoms with Gasteiger partial charge < -0.3 is 20.2 Å². The van der Waals surface area contributed by atoms with E-state index in [-0.39, 0.29) is 0 Å². The van der Waals surface area contributed by atoms with Crippen LogP contribution in [0, 0.1) is 0 Å². The first kappa shape index (κ1) is 28.0. The highest BCUT2D eigenvalue weighted by Crippen LogP contribution is 2.40. The van der Waals surface area contributed by atoms with Crippen LogP contribution >= 0.6 is 0 Å². The Morgan fingerprint density at radius 3 is 1.73 bits per heavy atom. The van der Waals surface area contributed by atoms with Crippen molar-refractivity contribution in [2.24, 2.45) is 0 Å². The van der Waals surface area contributed by atoms with Crippen LogP contribution in [0.4, 0.5) is 0 Å². The molecule has 3 aromatic heterocycles. The molecule has 2 aliphatic rings. The van der Waals surface area contributed by atoms with Gasteiger partial charge in [0.2, 0.25) is 0 Å². The zero-order valence-electron chi connectivity index (χ0n) is 25.3. The summed E-state index contributed by atoms with van der Waals surface area (Å²) < 4.78 is 0. The number of nitrogens with zero attached hydrogens (tertiary/aromatic N) is 2. The van der Waals surface area contributed by atoms with Crippen molar-refractivity contribution >= 4 is 34.2 Å². The number of aromatic amines is 2. The fourth-order valence-corrected chi connectivity index (χ4v) is 6.06. The van der Waals surface area contributed by atoms with E-state index in [0.717, 1.165) is 55.7 Å². The van der Waals surface area contributed by atoms with Gasteiger partial charge in [-0.05, 0) is 82.6 Å². The van der Waals surface area contributed by atoms with E-state index < -0.39 is 12.2 Å². The van der Waals surface area contributed by atoms with Crippen molar-refractivity contribution in [2.45, 2.75) is 51.7 Å². The molecule has 5 heterocycles. The van der Waals surface area contributed by atoms with Gasteiger partial charge in [-0.3, -0.25) is 4.98 Å². The smallest absolute Gasteiger partial charge is 0.128 e. The zero-order valence-corrected chi connectivity index (χ0v) is 25.3. The van der Waals surface area contributed by atoms with Crippen LogP contribution in [0.5, 0.6) is 0 Å². The maximum absolute atomic E-state index is 11.3. The maximum Gasteiger partial charge on any atom is 0.128 e. The number of hydrogen-bond donors (Lipinski definition) is 4. The maximum atomic E-state index is 11.3. The van der Waals surface area contributed by atoms with Crippen molar-refractivity contribution in [1.29, 1.82) is 0 Å². The van der Waals surface area contributed by atoms with E-state index in [0.29, 0.717) is 23.2 Å². The molecule has 0 saturated carbocycles. The Kier molecular flexibility index (Phi) is 7.04. The Morgan fingerprint density at radius 1 is 0.591 bits per heavy atom. The van der Waals surface area contributed by atoms with E-state index in [2.05, 4.69) is 92.3 Å². The van der Waals surface area contributed by atoms with Crippen LogP contribution in [0.25, 0.3) is 56.5 Å². The second kappa shape index (κ2) is 11.1. The van der Waals surface area contributed by atoms with Crippen LogP contribution in [0.1, 0.15) is 85.6 Å². The Balaban J connectivity index is 1.52. The number of aliphatic hydroxyl groups is 2. The third kappa shape index (κ3) is 5.06. The van der Waals surface area contributed by atoms with Crippen molar-refractivity contribution < 1.29 is 10.2 Å². The van der Waals surface area contributed by atoms with Crippen molar-refractivity contribution in [3.8, 4) is 22.3 Å². The van der Waals surface area contributed by atoms with Crippen LogP contribution in [0.2, 0.25) is 0 Å². The van der Waals surface area contributed by atoms with Crippen LogP contribution in [-0.2, 0) is 0 Å². The molecule has 0 amide bonds. The fourth-order valence-electron chi connectivity index (χ4n) is 6.06. The van der Waals surface area contributed by atoms with Crippen molar-refractivity contribution in [3.63, 3.8) is 0 Å². The number of rotatable bonds is 4. The molecule has 8 bridgehead atoms.